The van der Waals surface area contributed by atoms with Crippen molar-refractivity contribution in [3.8, 4) is 23.0 Å². The lowest BCUT2D eigenvalue weighted by atomic mass is 10.1. The van der Waals surface area contributed by atoms with Gasteiger partial charge in [0.25, 0.3) is 0 Å². The smallest absolute Gasteiger partial charge is 0.191 e. The van der Waals surface area contributed by atoms with Crippen LogP contribution >= 0.6 is 11.6 Å². The van der Waals surface area contributed by atoms with Gasteiger partial charge in [-0.15, -0.1) is 5.10 Å². The average molecular weight is 282 g/mol. The molecule has 0 aliphatic carbocycles. The molecule has 2 aromatic heterocycles. The van der Waals surface area contributed by atoms with Gasteiger partial charge in [0.15, 0.2) is 5.69 Å². The lowest BCUT2D eigenvalue weighted by molar-refractivity contribution is 0.806. The van der Waals surface area contributed by atoms with Gasteiger partial charge in [0, 0.05) is 23.0 Å². The molecule has 0 spiro atoms. The van der Waals surface area contributed by atoms with Gasteiger partial charge >= 0.3 is 0 Å². The van der Waals surface area contributed by atoms with Crippen molar-refractivity contribution in [2.45, 2.75) is 0 Å². The van der Waals surface area contributed by atoms with Gasteiger partial charge < -0.3 is 0 Å². The number of rotatable bonds is 2. The Balaban J connectivity index is 2.24. The van der Waals surface area contributed by atoms with Crippen LogP contribution in [0.1, 0.15) is 5.69 Å². The predicted molar refractivity (Wildman–Crippen MR) is 74.3 cm³/mol. The molecule has 0 amide bonds. The molecule has 5 nitrogen and oxygen atoms in total. The van der Waals surface area contributed by atoms with Crippen molar-refractivity contribution in [3.63, 3.8) is 0 Å². The minimum absolute atomic E-state index is 0.260. The Hall–Kier alpha value is -2.71. The van der Waals surface area contributed by atoms with Crippen molar-refractivity contribution in [3.05, 3.63) is 59.5 Å². The van der Waals surface area contributed by atoms with Crippen LogP contribution < -0.4 is 0 Å². The molecule has 0 bridgehead atoms. The summed E-state index contributed by atoms with van der Waals surface area (Å²) in [6.45, 7) is 0. The molecule has 0 radical (unpaired) electrons. The summed E-state index contributed by atoms with van der Waals surface area (Å²) in [5.41, 5.74) is 2.45. The molecule has 0 saturated carbocycles. The molecular formula is C14H8ClN5. The predicted octanol–water partition coefficient (Wildman–Crippen LogP) is 2.85. The topological polar surface area (TPSA) is 67.4 Å². The Kier molecular flexibility index (Phi) is 3.15. The standard InChI is InChI=1S/C14H8ClN5/c15-11-2-1-3-12(8-11)20-14(13(9-16)18-19-20)10-4-6-17-7-5-10/h1-8H. The zero-order valence-electron chi connectivity index (χ0n) is 10.2. The van der Waals surface area contributed by atoms with Crippen LogP contribution in [0.3, 0.4) is 0 Å². The van der Waals surface area contributed by atoms with E-state index in [0.29, 0.717) is 10.7 Å². The van der Waals surface area contributed by atoms with Crippen LogP contribution in [0.4, 0.5) is 0 Å². The fourth-order valence-electron chi connectivity index (χ4n) is 1.91. The van der Waals surface area contributed by atoms with E-state index >= 15 is 0 Å². The molecule has 0 unspecified atom stereocenters. The van der Waals surface area contributed by atoms with Gasteiger partial charge in [-0.05, 0) is 30.3 Å². The third-order valence-electron chi connectivity index (χ3n) is 2.78. The molecule has 0 aliphatic heterocycles. The molecule has 0 aliphatic rings. The van der Waals surface area contributed by atoms with Gasteiger partial charge in [-0.3, -0.25) is 4.98 Å². The maximum Gasteiger partial charge on any atom is 0.191 e. The molecule has 0 N–H and O–H groups in total. The van der Waals surface area contributed by atoms with Crippen molar-refractivity contribution < 1.29 is 0 Å². The van der Waals surface area contributed by atoms with Crippen LogP contribution in [0.25, 0.3) is 16.9 Å². The van der Waals surface area contributed by atoms with Gasteiger partial charge in [0.05, 0.1) is 5.69 Å². The maximum absolute atomic E-state index is 9.19. The minimum Gasteiger partial charge on any atom is -0.265 e. The monoisotopic (exact) mass is 281 g/mol. The summed E-state index contributed by atoms with van der Waals surface area (Å²) in [5.74, 6) is 0. The lowest BCUT2D eigenvalue weighted by Crippen LogP contribution is -1.99. The fraction of sp³-hybridized carbons (Fsp3) is 0. The number of nitriles is 1. The van der Waals surface area contributed by atoms with Gasteiger partial charge in [-0.25, -0.2) is 4.68 Å². The van der Waals surface area contributed by atoms with Gasteiger partial charge in [0.1, 0.15) is 11.8 Å². The molecule has 2 heterocycles. The van der Waals surface area contributed by atoms with Crippen LogP contribution in [0, 0.1) is 11.3 Å². The van der Waals surface area contributed by atoms with E-state index in [9.17, 15) is 5.26 Å². The van der Waals surface area contributed by atoms with Crippen LogP contribution in [0.5, 0.6) is 0 Å². The second-order valence-corrected chi connectivity index (χ2v) is 4.46. The minimum atomic E-state index is 0.260. The van der Waals surface area contributed by atoms with E-state index in [1.165, 1.54) is 0 Å². The molecule has 0 atom stereocenters. The first kappa shape index (κ1) is 12.3. The highest BCUT2D eigenvalue weighted by Crippen LogP contribution is 2.25. The molecular weight excluding hydrogens is 274 g/mol. The number of pyridine rings is 1. The Morgan fingerprint density at radius 3 is 2.65 bits per heavy atom. The Morgan fingerprint density at radius 1 is 1.15 bits per heavy atom. The summed E-state index contributed by atoms with van der Waals surface area (Å²) in [5, 5.41) is 17.7. The highest BCUT2D eigenvalue weighted by Gasteiger charge is 2.16. The summed E-state index contributed by atoms with van der Waals surface area (Å²) in [7, 11) is 0. The number of hydrogen-bond acceptors (Lipinski definition) is 4. The van der Waals surface area contributed by atoms with Crippen molar-refractivity contribution in [2.75, 3.05) is 0 Å². The van der Waals surface area contributed by atoms with Gasteiger partial charge in [-0.2, -0.15) is 5.26 Å². The lowest BCUT2D eigenvalue weighted by Gasteiger charge is -2.06. The SMILES string of the molecule is N#Cc1nnn(-c2cccc(Cl)c2)c1-c1ccncc1. The molecule has 0 fully saturated rings. The van der Waals surface area contributed by atoms with Gasteiger partial charge in [0.2, 0.25) is 0 Å². The van der Waals surface area contributed by atoms with E-state index in [2.05, 4.69) is 21.4 Å². The van der Waals surface area contributed by atoms with E-state index in [-0.39, 0.29) is 5.69 Å². The summed E-state index contributed by atoms with van der Waals surface area (Å²) >= 11 is 6.00. The number of nitrogens with zero attached hydrogens (tertiary/aromatic N) is 5. The second-order valence-electron chi connectivity index (χ2n) is 4.03. The summed E-state index contributed by atoms with van der Waals surface area (Å²) in [6.07, 6.45) is 3.32. The van der Waals surface area contributed by atoms with Crippen molar-refractivity contribution in [2.24, 2.45) is 0 Å². The molecule has 0 saturated heterocycles. The van der Waals surface area contributed by atoms with Crippen LogP contribution in [0.2, 0.25) is 5.02 Å². The average Bonchev–Trinajstić information content (AvgIpc) is 2.92. The van der Waals surface area contributed by atoms with E-state index < -0.39 is 0 Å². The first-order chi connectivity index (χ1) is 9.79. The quantitative estimate of drug-likeness (QED) is 0.724. The number of benzene rings is 1. The normalized spacial score (nSPS) is 10.2. The van der Waals surface area contributed by atoms with Crippen LogP contribution in [-0.2, 0) is 0 Å². The van der Waals surface area contributed by atoms with E-state index in [1.54, 1.807) is 41.3 Å². The number of halogens is 1. The Morgan fingerprint density at radius 2 is 1.95 bits per heavy atom. The highest BCUT2D eigenvalue weighted by atomic mass is 35.5. The molecule has 6 heteroatoms. The highest BCUT2D eigenvalue weighted by molar-refractivity contribution is 6.30. The summed E-state index contributed by atoms with van der Waals surface area (Å²) < 4.78 is 1.60. The third kappa shape index (κ3) is 2.13. The van der Waals surface area contributed by atoms with Crippen LogP contribution in [-0.4, -0.2) is 20.0 Å². The van der Waals surface area contributed by atoms with Crippen LogP contribution in [0.15, 0.2) is 48.8 Å². The van der Waals surface area contributed by atoms with E-state index in [4.69, 9.17) is 11.6 Å². The van der Waals surface area contributed by atoms with E-state index in [0.717, 1.165) is 11.3 Å². The van der Waals surface area contributed by atoms with E-state index in [1.807, 2.05) is 12.1 Å². The molecule has 20 heavy (non-hydrogen) atoms. The second kappa shape index (κ2) is 5.11. The molecule has 3 rings (SSSR count). The maximum atomic E-state index is 9.19. The van der Waals surface area contributed by atoms with Crippen molar-refractivity contribution in [1.82, 2.24) is 20.0 Å². The van der Waals surface area contributed by atoms with Crippen molar-refractivity contribution >= 4 is 11.6 Å². The van der Waals surface area contributed by atoms with Crippen molar-refractivity contribution in [1.29, 1.82) is 5.26 Å². The summed E-state index contributed by atoms with van der Waals surface area (Å²) in [6, 6.07) is 12.9. The molecule has 1 aromatic carbocycles. The Labute approximate surface area is 120 Å². The first-order valence-electron chi connectivity index (χ1n) is 5.82. The Bertz CT molecular complexity index is 789. The zero-order valence-corrected chi connectivity index (χ0v) is 11.0. The first-order valence-corrected chi connectivity index (χ1v) is 6.19. The zero-order chi connectivity index (χ0) is 13.9. The summed E-state index contributed by atoms with van der Waals surface area (Å²) in [4.78, 5) is 3.97. The third-order valence-corrected chi connectivity index (χ3v) is 3.02. The molecule has 3 aromatic rings. The number of hydrogen-bond donors (Lipinski definition) is 0. The number of aromatic nitrogens is 4. The fourth-order valence-corrected chi connectivity index (χ4v) is 2.10. The van der Waals surface area contributed by atoms with Gasteiger partial charge in [-0.1, -0.05) is 22.9 Å². The largest absolute Gasteiger partial charge is 0.265 e. The molecule has 96 valence electrons.